The third-order valence-corrected chi connectivity index (χ3v) is 4.09. The minimum absolute atomic E-state index is 0.175. The largest absolute Gasteiger partial charge is 0.324 e. The summed E-state index contributed by atoms with van der Waals surface area (Å²) in [5.41, 5.74) is 8.83. The predicted octanol–water partition coefficient (Wildman–Crippen LogP) is 3.12. The van der Waals surface area contributed by atoms with E-state index in [1.54, 1.807) is 0 Å². The molecule has 0 amide bonds. The molecule has 1 unspecified atom stereocenters. The van der Waals surface area contributed by atoms with E-state index >= 15 is 0 Å². The van der Waals surface area contributed by atoms with Crippen LogP contribution in [0.15, 0.2) is 24.3 Å². The second kappa shape index (κ2) is 6.35. The van der Waals surface area contributed by atoms with E-state index in [2.05, 4.69) is 43.1 Å². The lowest BCUT2D eigenvalue weighted by Gasteiger charge is -2.30. The highest BCUT2D eigenvalue weighted by atomic mass is 15.1. The third-order valence-electron chi connectivity index (χ3n) is 4.09. The maximum atomic E-state index is 6.26. The molecule has 0 aromatic heterocycles. The van der Waals surface area contributed by atoms with E-state index in [-0.39, 0.29) is 6.04 Å². The molecule has 0 radical (unpaired) electrons. The van der Waals surface area contributed by atoms with Crippen molar-refractivity contribution >= 4 is 0 Å². The van der Waals surface area contributed by atoms with Crippen LogP contribution in [0.2, 0.25) is 0 Å². The van der Waals surface area contributed by atoms with Crippen molar-refractivity contribution < 1.29 is 0 Å². The fourth-order valence-electron chi connectivity index (χ4n) is 2.63. The zero-order valence-corrected chi connectivity index (χ0v) is 11.7. The van der Waals surface area contributed by atoms with Crippen molar-refractivity contribution in [1.29, 1.82) is 0 Å². The summed E-state index contributed by atoms with van der Waals surface area (Å²) in [5, 5.41) is 0. The molecule has 2 nitrogen and oxygen atoms in total. The molecule has 0 bridgehead atoms. The second-order valence-corrected chi connectivity index (χ2v) is 5.87. The van der Waals surface area contributed by atoms with Gasteiger partial charge in [0.15, 0.2) is 0 Å². The first-order valence-electron chi connectivity index (χ1n) is 7.16. The Kier molecular flexibility index (Phi) is 4.79. The van der Waals surface area contributed by atoms with Crippen LogP contribution in [0, 0.1) is 12.8 Å². The Labute approximate surface area is 111 Å². The number of nitrogens with zero attached hydrogens (tertiary/aromatic N) is 1. The van der Waals surface area contributed by atoms with Crippen molar-refractivity contribution in [2.75, 3.05) is 20.1 Å². The summed E-state index contributed by atoms with van der Waals surface area (Å²) >= 11 is 0. The molecule has 1 aliphatic carbocycles. The molecule has 18 heavy (non-hydrogen) atoms. The van der Waals surface area contributed by atoms with E-state index in [0.29, 0.717) is 0 Å². The van der Waals surface area contributed by atoms with E-state index < -0.39 is 0 Å². The van der Waals surface area contributed by atoms with Crippen LogP contribution in [-0.4, -0.2) is 25.0 Å². The number of benzene rings is 1. The Bertz CT molecular complexity index is 371. The summed E-state index contributed by atoms with van der Waals surface area (Å²) < 4.78 is 0. The summed E-state index contributed by atoms with van der Waals surface area (Å²) in [6.07, 6.45) is 5.33. The van der Waals surface area contributed by atoms with Gasteiger partial charge < -0.3 is 10.6 Å². The molecule has 100 valence electrons. The summed E-state index contributed by atoms with van der Waals surface area (Å²) in [4.78, 5) is 2.44. The Morgan fingerprint density at radius 3 is 2.78 bits per heavy atom. The molecule has 0 aliphatic heterocycles. The molecule has 2 rings (SSSR count). The normalized spacial score (nSPS) is 17.8. The van der Waals surface area contributed by atoms with Crippen molar-refractivity contribution in [1.82, 2.24) is 4.90 Å². The van der Waals surface area contributed by atoms with Gasteiger partial charge in [-0.3, -0.25) is 0 Å². The highest BCUT2D eigenvalue weighted by Gasteiger charge is 2.19. The van der Waals surface area contributed by atoms with Crippen LogP contribution in [0.4, 0.5) is 0 Å². The fourth-order valence-corrected chi connectivity index (χ4v) is 2.63. The molecule has 1 saturated carbocycles. The summed E-state index contributed by atoms with van der Waals surface area (Å²) in [5.74, 6) is 0.949. The number of nitrogens with two attached hydrogens (primary N) is 1. The standard InChI is InChI=1S/C16H26N2/c1-13-5-3-8-15(11-13)16(17)9-10-18(2)12-14-6-4-7-14/h3,5,8,11,14,16H,4,6-7,9-10,12,17H2,1-2H3. The molecule has 2 N–H and O–H groups in total. The Morgan fingerprint density at radius 1 is 1.39 bits per heavy atom. The van der Waals surface area contributed by atoms with Crippen LogP contribution in [0.3, 0.4) is 0 Å². The molecule has 0 spiro atoms. The Hall–Kier alpha value is -0.860. The number of hydrogen-bond acceptors (Lipinski definition) is 2. The van der Waals surface area contributed by atoms with Gasteiger partial charge in [0, 0.05) is 12.6 Å². The van der Waals surface area contributed by atoms with Gasteiger partial charge in [-0.05, 0) is 51.3 Å². The Balaban J connectivity index is 1.75. The van der Waals surface area contributed by atoms with Gasteiger partial charge >= 0.3 is 0 Å². The molecule has 0 saturated heterocycles. The highest BCUT2D eigenvalue weighted by molar-refractivity contribution is 5.24. The SMILES string of the molecule is Cc1cccc(C(N)CCN(C)CC2CCC2)c1. The smallest absolute Gasteiger partial charge is 0.0307 e. The van der Waals surface area contributed by atoms with Crippen LogP contribution in [0.1, 0.15) is 42.9 Å². The number of hydrogen-bond donors (Lipinski definition) is 1. The van der Waals surface area contributed by atoms with Crippen LogP contribution >= 0.6 is 0 Å². The Morgan fingerprint density at radius 2 is 2.17 bits per heavy atom. The van der Waals surface area contributed by atoms with E-state index in [4.69, 9.17) is 5.73 Å². The first-order chi connectivity index (χ1) is 8.65. The van der Waals surface area contributed by atoms with Gasteiger partial charge in [0.25, 0.3) is 0 Å². The van der Waals surface area contributed by atoms with Crippen LogP contribution < -0.4 is 5.73 Å². The third kappa shape index (κ3) is 3.82. The average Bonchev–Trinajstić information content (AvgIpc) is 2.31. The quantitative estimate of drug-likeness (QED) is 0.835. The van der Waals surface area contributed by atoms with Gasteiger partial charge in [-0.25, -0.2) is 0 Å². The topological polar surface area (TPSA) is 29.3 Å². The van der Waals surface area contributed by atoms with Crippen molar-refractivity contribution in [3.8, 4) is 0 Å². The summed E-state index contributed by atoms with van der Waals surface area (Å²) in [6, 6.07) is 8.75. The lowest BCUT2D eigenvalue weighted by molar-refractivity contribution is 0.201. The van der Waals surface area contributed by atoms with Gasteiger partial charge in [-0.2, -0.15) is 0 Å². The average molecular weight is 246 g/mol. The fraction of sp³-hybridized carbons (Fsp3) is 0.625. The monoisotopic (exact) mass is 246 g/mol. The first kappa shape index (κ1) is 13.6. The molecule has 1 aliphatic rings. The summed E-state index contributed by atoms with van der Waals surface area (Å²) in [6.45, 7) is 4.48. The van der Waals surface area contributed by atoms with Crippen molar-refractivity contribution in [2.24, 2.45) is 11.7 Å². The van der Waals surface area contributed by atoms with Gasteiger partial charge in [-0.15, -0.1) is 0 Å². The molecule has 0 heterocycles. The molecule has 1 fully saturated rings. The van der Waals surface area contributed by atoms with E-state index in [0.717, 1.165) is 18.9 Å². The molecule has 2 heteroatoms. The van der Waals surface area contributed by atoms with Gasteiger partial charge in [0.2, 0.25) is 0 Å². The zero-order chi connectivity index (χ0) is 13.0. The highest BCUT2D eigenvalue weighted by Crippen LogP contribution is 2.27. The number of aryl methyl sites for hydroxylation is 1. The van der Waals surface area contributed by atoms with Crippen LogP contribution in [0.5, 0.6) is 0 Å². The molecule has 1 aromatic carbocycles. The predicted molar refractivity (Wildman–Crippen MR) is 77.6 cm³/mol. The van der Waals surface area contributed by atoms with Crippen LogP contribution in [-0.2, 0) is 0 Å². The lowest BCUT2D eigenvalue weighted by Crippen LogP contribution is -2.31. The van der Waals surface area contributed by atoms with Gasteiger partial charge in [0.1, 0.15) is 0 Å². The molecular formula is C16H26N2. The minimum atomic E-state index is 0.175. The lowest BCUT2D eigenvalue weighted by atomic mass is 9.85. The van der Waals surface area contributed by atoms with Gasteiger partial charge in [-0.1, -0.05) is 36.2 Å². The zero-order valence-electron chi connectivity index (χ0n) is 11.7. The van der Waals surface area contributed by atoms with Gasteiger partial charge in [0.05, 0.1) is 0 Å². The maximum Gasteiger partial charge on any atom is 0.0307 e. The molecular weight excluding hydrogens is 220 g/mol. The second-order valence-electron chi connectivity index (χ2n) is 5.87. The number of rotatable bonds is 6. The van der Waals surface area contributed by atoms with Crippen molar-refractivity contribution in [2.45, 2.75) is 38.6 Å². The molecule has 1 atom stereocenters. The van der Waals surface area contributed by atoms with E-state index in [1.807, 2.05) is 0 Å². The minimum Gasteiger partial charge on any atom is -0.324 e. The van der Waals surface area contributed by atoms with E-state index in [1.165, 1.54) is 36.9 Å². The summed E-state index contributed by atoms with van der Waals surface area (Å²) in [7, 11) is 2.22. The first-order valence-corrected chi connectivity index (χ1v) is 7.16. The van der Waals surface area contributed by atoms with Crippen LogP contribution in [0.25, 0.3) is 0 Å². The van der Waals surface area contributed by atoms with E-state index in [9.17, 15) is 0 Å². The molecule has 1 aromatic rings. The van der Waals surface area contributed by atoms with Crippen molar-refractivity contribution in [3.05, 3.63) is 35.4 Å². The maximum absolute atomic E-state index is 6.26. The van der Waals surface area contributed by atoms with Crippen molar-refractivity contribution in [3.63, 3.8) is 0 Å².